The number of nitrogens with zero attached hydrogens (tertiary/aromatic N) is 3. The van der Waals surface area contributed by atoms with Crippen LogP contribution in [-0.2, 0) is 11.3 Å². The molecule has 1 atom stereocenters. The fourth-order valence-electron chi connectivity index (χ4n) is 2.32. The Hall–Kier alpha value is -1.56. The summed E-state index contributed by atoms with van der Waals surface area (Å²) in [7, 11) is 1.66. The molecule has 1 saturated carbocycles. The predicted molar refractivity (Wildman–Crippen MR) is 64.4 cm³/mol. The fraction of sp³-hybridized carbons (Fsp3) is 0.636. The quantitative estimate of drug-likeness (QED) is 0.840. The number of ether oxygens (including phenoxy) is 1. The van der Waals surface area contributed by atoms with E-state index in [9.17, 15) is 0 Å². The van der Waals surface area contributed by atoms with Crippen molar-refractivity contribution in [1.82, 2.24) is 20.0 Å². The molecular formula is C11H17N5O. The number of nitrogens with one attached hydrogen (secondary N) is 1. The first kappa shape index (κ1) is 10.6. The highest BCUT2D eigenvalue weighted by molar-refractivity contribution is 5.88. The molecule has 0 aliphatic heterocycles. The van der Waals surface area contributed by atoms with E-state index in [0.29, 0.717) is 18.5 Å². The number of nitrogen functional groups attached to an aromatic ring is 1. The van der Waals surface area contributed by atoms with E-state index >= 15 is 0 Å². The Morgan fingerprint density at radius 1 is 1.59 bits per heavy atom. The molecule has 2 heterocycles. The van der Waals surface area contributed by atoms with Crippen LogP contribution in [0.15, 0.2) is 0 Å². The molecule has 0 spiro atoms. The number of aromatic nitrogens is 4. The lowest BCUT2D eigenvalue weighted by atomic mass is 10.2. The van der Waals surface area contributed by atoms with Crippen molar-refractivity contribution in [3.63, 3.8) is 0 Å². The molecule has 3 rings (SSSR count). The van der Waals surface area contributed by atoms with Crippen LogP contribution in [0.1, 0.15) is 31.5 Å². The zero-order chi connectivity index (χ0) is 12.0. The molecule has 2 aromatic rings. The van der Waals surface area contributed by atoms with E-state index in [1.807, 2.05) is 4.68 Å². The number of hydrogen-bond donors (Lipinski definition) is 2. The summed E-state index contributed by atoms with van der Waals surface area (Å²) in [5, 5.41) is 12.6. The van der Waals surface area contributed by atoms with Crippen LogP contribution in [-0.4, -0.2) is 27.1 Å². The van der Waals surface area contributed by atoms with E-state index in [1.165, 1.54) is 12.8 Å². The maximum atomic E-state index is 5.89. The van der Waals surface area contributed by atoms with Gasteiger partial charge >= 0.3 is 0 Å². The van der Waals surface area contributed by atoms with Crippen molar-refractivity contribution < 1.29 is 4.74 Å². The molecule has 6 nitrogen and oxygen atoms in total. The van der Waals surface area contributed by atoms with Gasteiger partial charge in [-0.05, 0) is 25.7 Å². The Kier molecular flexibility index (Phi) is 2.32. The number of anilines is 1. The van der Waals surface area contributed by atoms with Gasteiger partial charge in [0, 0.05) is 7.11 Å². The summed E-state index contributed by atoms with van der Waals surface area (Å²) in [5.41, 5.74) is 7.59. The van der Waals surface area contributed by atoms with E-state index in [4.69, 9.17) is 10.5 Å². The summed E-state index contributed by atoms with van der Waals surface area (Å²) in [6, 6.07) is 0.380. The van der Waals surface area contributed by atoms with Gasteiger partial charge in [0.1, 0.15) is 11.5 Å². The Balaban J connectivity index is 2.11. The molecule has 1 fully saturated rings. The molecule has 1 aliphatic rings. The van der Waals surface area contributed by atoms with Crippen LogP contribution in [0.2, 0.25) is 0 Å². The molecule has 1 unspecified atom stereocenters. The van der Waals surface area contributed by atoms with E-state index in [2.05, 4.69) is 22.2 Å². The van der Waals surface area contributed by atoms with Crippen LogP contribution in [0.5, 0.6) is 0 Å². The summed E-state index contributed by atoms with van der Waals surface area (Å²) in [5.74, 6) is 1.30. The number of nitrogens with two attached hydrogens (primary N) is 1. The van der Waals surface area contributed by atoms with Gasteiger partial charge in [-0.1, -0.05) is 0 Å². The normalized spacial score (nSPS) is 17.8. The summed E-state index contributed by atoms with van der Waals surface area (Å²) in [6.45, 7) is 2.65. The van der Waals surface area contributed by atoms with Gasteiger partial charge in [0.05, 0.1) is 18.0 Å². The summed E-state index contributed by atoms with van der Waals surface area (Å²) < 4.78 is 7.14. The number of H-pyrrole nitrogens is 1. The van der Waals surface area contributed by atoms with Gasteiger partial charge in [-0.15, -0.1) is 0 Å². The number of methoxy groups -OCH3 is 1. The van der Waals surface area contributed by atoms with Crippen molar-refractivity contribution in [2.24, 2.45) is 5.92 Å². The van der Waals surface area contributed by atoms with E-state index < -0.39 is 0 Å². The first-order valence-electron chi connectivity index (χ1n) is 5.92. The molecule has 0 radical (unpaired) electrons. The molecule has 0 saturated heterocycles. The van der Waals surface area contributed by atoms with Crippen molar-refractivity contribution in [1.29, 1.82) is 0 Å². The van der Waals surface area contributed by atoms with Gasteiger partial charge in [-0.2, -0.15) is 10.2 Å². The third-order valence-corrected chi connectivity index (χ3v) is 3.48. The van der Waals surface area contributed by atoms with E-state index in [0.717, 1.165) is 22.6 Å². The lowest BCUT2D eigenvalue weighted by Gasteiger charge is -2.10. The van der Waals surface area contributed by atoms with Gasteiger partial charge < -0.3 is 10.5 Å². The van der Waals surface area contributed by atoms with Gasteiger partial charge in [-0.25, -0.2) is 4.68 Å². The summed E-state index contributed by atoms with van der Waals surface area (Å²) in [4.78, 5) is 0. The topological polar surface area (TPSA) is 81.8 Å². The molecule has 6 heteroatoms. The molecule has 2 aromatic heterocycles. The minimum absolute atomic E-state index is 0.380. The molecule has 0 amide bonds. The Bertz CT molecular complexity index is 539. The van der Waals surface area contributed by atoms with Crippen LogP contribution in [0.4, 0.5) is 5.82 Å². The summed E-state index contributed by atoms with van der Waals surface area (Å²) >= 11 is 0. The Morgan fingerprint density at radius 3 is 3.00 bits per heavy atom. The molecule has 17 heavy (non-hydrogen) atoms. The SMILES string of the molecule is COCc1nn(C(C)C2CC2)c2n[nH]c(N)c12. The minimum atomic E-state index is 0.380. The predicted octanol–water partition coefficient (Wildman–Crippen LogP) is 1.46. The van der Waals surface area contributed by atoms with Crippen LogP contribution < -0.4 is 5.73 Å². The minimum Gasteiger partial charge on any atom is -0.383 e. The van der Waals surface area contributed by atoms with E-state index in [-0.39, 0.29) is 0 Å². The van der Waals surface area contributed by atoms with Crippen molar-refractivity contribution in [2.45, 2.75) is 32.4 Å². The lowest BCUT2D eigenvalue weighted by Crippen LogP contribution is -2.10. The third-order valence-electron chi connectivity index (χ3n) is 3.48. The maximum absolute atomic E-state index is 5.89. The monoisotopic (exact) mass is 235 g/mol. The van der Waals surface area contributed by atoms with Gasteiger partial charge in [0.2, 0.25) is 0 Å². The largest absolute Gasteiger partial charge is 0.383 e. The number of rotatable bonds is 4. The molecule has 0 bridgehead atoms. The molecular weight excluding hydrogens is 218 g/mol. The summed E-state index contributed by atoms with van der Waals surface area (Å²) in [6.07, 6.45) is 2.56. The second-order valence-corrected chi connectivity index (χ2v) is 4.74. The van der Waals surface area contributed by atoms with E-state index in [1.54, 1.807) is 7.11 Å². The molecule has 92 valence electrons. The first-order valence-corrected chi connectivity index (χ1v) is 5.92. The average molecular weight is 235 g/mol. The number of fused-ring (bicyclic) bond motifs is 1. The van der Waals surface area contributed by atoms with Crippen molar-refractivity contribution in [2.75, 3.05) is 12.8 Å². The lowest BCUT2D eigenvalue weighted by molar-refractivity contribution is 0.181. The smallest absolute Gasteiger partial charge is 0.182 e. The second-order valence-electron chi connectivity index (χ2n) is 4.74. The zero-order valence-corrected chi connectivity index (χ0v) is 10.1. The average Bonchev–Trinajstić information content (AvgIpc) is 3.00. The van der Waals surface area contributed by atoms with Crippen LogP contribution in [0.3, 0.4) is 0 Å². The Morgan fingerprint density at radius 2 is 2.35 bits per heavy atom. The third kappa shape index (κ3) is 1.59. The Labute approximate surface area is 99.1 Å². The van der Waals surface area contributed by atoms with Crippen molar-refractivity contribution in [3.05, 3.63) is 5.69 Å². The molecule has 0 aromatic carbocycles. The van der Waals surface area contributed by atoms with Crippen molar-refractivity contribution in [3.8, 4) is 0 Å². The second kappa shape index (κ2) is 3.73. The van der Waals surface area contributed by atoms with Gasteiger partial charge in [0.15, 0.2) is 5.65 Å². The van der Waals surface area contributed by atoms with Gasteiger partial charge in [0.25, 0.3) is 0 Å². The number of aromatic amines is 1. The van der Waals surface area contributed by atoms with Crippen LogP contribution >= 0.6 is 0 Å². The van der Waals surface area contributed by atoms with Crippen LogP contribution in [0, 0.1) is 5.92 Å². The molecule has 3 N–H and O–H groups in total. The first-order chi connectivity index (χ1) is 8.22. The zero-order valence-electron chi connectivity index (χ0n) is 10.1. The van der Waals surface area contributed by atoms with Gasteiger partial charge in [-0.3, -0.25) is 5.10 Å². The highest BCUT2D eigenvalue weighted by Crippen LogP contribution is 2.40. The maximum Gasteiger partial charge on any atom is 0.182 e. The fourth-order valence-corrected chi connectivity index (χ4v) is 2.32. The standard InChI is InChI=1S/C11H17N5O/c1-6(7-3-4-7)16-11-9(10(12)13-14-11)8(15-16)5-17-2/h6-7H,3-5H2,1-2H3,(H3,12,13,14). The van der Waals surface area contributed by atoms with Crippen LogP contribution in [0.25, 0.3) is 11.0 Å². The number of hydrogen-bond acceptors (Lipinski definition) is 4. The highest BCUT2D eigenvalue weighted by Gasteiger charge is 2.32. The van der Waals surface area contributed by atoms with Crippen molar-refractivity contribution >= 4 is 16.9 Å². The molecule has 1 aliphatic carbocycles. The highest BCUT2D eigenvalue weighted by atomic mass is 16.5.